The fraction of sp³-hybridized carbons (Fsp3) is 0.316. The number of carbonyl (C=O) groups excluding carboxylic acids is 1. The second-order valence-corrected chi connectivity index (χ2v) is 6.36. The second-order valence-electron chi connectivity index (χ2n) is 6.36. The van der Waals surface area contributed by atoms with Crippen LogP contribution in [0.25, 0.3) is 11.1 Å². The Bertz CT molecular complexity index is 940. The van der Waals surface area contributed by atoms with Crippen LogP contribution in [0.1, 0.15) is 33.9 Å². The molecule has 8 nitrogen and oxygen atoms in total. The molecule has 0 N–H and O–H groups in total. The molecule has 0 saturated carbocycles. The van der Waals surface area contributed by atoms with Gasteiger partial charge in [-0.3, -0.25) is 9.78 Å². The summed E-state index contributed by atoms with van der Waals surface area (Å²) < 4.78 is 11.3. The monoisotopic (exact) mass is 365 g/mol. The van der Waals surface area contributed by atoms with Crippen LogP contribution < -0.4 is 0 Å². The molecule has 1 atom stereocenters. The summed E-state index contributed by atoms with van der Waals surface area (Å²) in [5.41, 5.74) is 3.21. The molecule has 8 heteroatoms. The van der Waals surface area contributed by atoms with Gasteiger partial charge in [-0.2, -0.15) is 0 Å². The minimum atomic E-state index is -0.284. The fourth-order valence-corrected chi connectivity index (χ4v) is 3.10. The van der Waals surface area contributed by atoms with E-state index >= 15 is 0 Å². The summed E-state index contributed by atoms with van der Waals surface area (Å²) in [6.45, 7) is 4.87. The molecular weight excluding hydrogens is 346 g/mol. The standard InChI is InChI=1S/C19H19N5O3/c1-12-18(27-13(2)23-12)19(25)24-5-6-26-17(10-24)16-4-3-14(9-22-16)15-7-20-11-21-8-15/h3-4,7-9,11,17H,5-6,10H2,1-2H3. The third-order valence-electron chi connectivity index (χ3n) is 4.46. The molecule has 1 saturated heterocycles. The maximum absolute atomic E-state index is 12.8. The van der Waals surface area contributed by atoms with Crippen molar-refractivity contribution in [2.45, 2.75) is 20.0 Å². The van der Waals surface area contributed by atoms with Crippen LogP contribution in [0.15, 0.2) is 41.5 Å². The van der Waals surface area contributed by atoms with Crippen molar-refractivity contribution in [2.24, 2.45) is 0 Å². The number of amides is 1. The second kappa shape index (κ2) is 7.24. The molecule has 27 heavy (non-hydrogen) atoms. The molecule has 0 aromatic carbocycles. The van der Waals surface area contributed by atoms with E-state index in [9.17, 15) is 4.79 Å². The molecule has 0 spiro atoms. The molecule has 1 unspecified atom stereocenters. The predicted molar refractivity (Wildman–Crippen MR) is 95.8 cm³/mol. The average Bonchev–Trinajstić information content (AvgIpc) is 3.06. The summed E-state index contributed by atoms with van der Waals surface area (Å²) >= 11 is 0. The van der Waals surface area contributed by atoms with Gasteiger partial charge in [-0.15, -0.1) is 0 Å². The van der Waals surface area contributed by atoms with Crippen LogP contribution in [0, 0.1) is 13.8 Å². The van der Waals surface area contributed by atoms with Crippen molar-refractivity contribution in [3.05, 3.63) is 60.1 Å². The maximum atomic E-state index is 12.8. The molecule has 4 rings (SSSR count). The van der Waals surface area contributed by atoms with E-state index in [2.05, 4.69) is 19.9 Å². The minimum Gasteiger partial charge on any atom is -0.436 e. The van der Waals surface area contributed by atoms with Gasteiger partial charge in [0.05, 0.1) is 24.5 Å². The van der Waals surface area contributed by atoms with Crippen molar-refractivity contribution in [1.82, 2.24) is 24.8 Å². The number of carbonyl (C=O) groups is 1. The van der Waals surface area contributed by atoms with Gasteiger partial charge >= 0.3 is 0 Å². The first-order valence-electron chi connectivity index (χ1n) is 8.68. The number of rotatable bonds is 3. The first kappa shape index (κ1) is 17.3. The summed E-state index contributed by atoms with van der Waals surface area (Å²) in [6, 6.07) is 3.86. The molecule has 4 heterocycles. The number of hydrogen-bond acceptors (Lipinski definition) is 7. The zero-order valence-corrected chi connectivity index (χ0v) is 15.1. The molecule has 1 amide bonds. The van der Waals surface area contributed by atoms with Crippen LogP contribution >= 0.6 is 0 Å². The lowest BCUT2D eigenvalue weighted by atomic mass is 10.1. The third kappa shape index (κ3) is 3.56. The highest BCUT2D eigenvalue weighted by Crippen LogP contribution is 2.25. The molecule has 0 bridgehead atoms. The average molecular weight is 365 g/mol. The first-order valence-corrected chi connectivity index (χ1v) is 8.68. The summed E-state index contributed by atoms with van der Waals surface area (Å²) in [5.74, 6) is 0.614. The number of nitrogens with zero attached hydrogens (tertiary/aromatic N) is 5. The normalized spacial score (nSPS) is 17.1. The van der Waals surface area contributed by atoms with Gasteiger partial charge in [-0.25, -0.2) is 15.0 Å². The lowest BCUT2D eigenvalue weighted by Gasteiger charge is -2.32. The molecule has 0 aliphatic carbocycles. The molecular formula is C19H19N5O3. The number of morpholine rings is 1. The Balaban J connectivity index is 1.50. The van der Waals surface area contributed by atoms with Gasteiger partial charge in [0.2, 0.25) is 5.76 Å². The van der Waals surface area contributed by atoms with Gasteiger partial charge in [0.1, 0.15) is 12.4 Å². The summed E-state index contributed by atoms with van der Waals surface area (Å²) in [7, 11) is 0. The van der Waals surface area contributed by atoms with Crippen molar-refractivity contribution >= 4 is 5.91 Å². The number of hydrogen-bond donors (Lipinski definition) is 0. The number of aromatic nitrogens is 4. The number of ether oxygens (including phenoxy) is 1. The van der Waals surface area contributed by atoms with E-state index in [4.69, 9.17) is 9.15 Å². The van der Waals surface area contributed by atoms with Crippen molar-refractivity contribution < 1.29 is 13.9 Å². The van der Waals surface area contributed by atoms with E-state index in [1.54, 1.807) is 37.3 Å². The quantitative estimate of drug-likeness (QED) is 0.703. The number of aryl methyl sites for hydroxylation is 2. The molecule has 1 aliphatic rings. The molecule has 0 radical (unpaired) electrons. The highest BCUT2D eigenvalue weighted by atomic mass is 16.5. The Kier molecular flexibility index (Phi) is 4.64. The predicted octanol–water partition coefficient (Wildman–Crippen LogP) is 2.36. The van der Waals surface area contributed by atoms with Crippen LogP contribution in [0.2, 0.25) is 0 Å². The van der Waals surface area contributed by atoms with Gasteiger partial charge in [0.15, 0.2) is 5.89 Å². The zero-order chi connectivity index (χ0) is 18.8. The largest absolute Gasteiger partial charge is 0.436 e. The van der Waals surface area contributed by atoms with Gasteiger partial charge < -0.3 is 14.1 Å². The minimum absolute atomic E-state index is 0.167. The Labute approximate surface area is 156 Å². The Morgan fingerprint density at radius 2 is 1.96 bits per heavy atom. The SMILES string of the molecule is Cc1nc(C)c(C(=O)N2CCOC(c3ccc(-c4cncnc4)cn3)C2)o1. The lowest BCUT2D eigenvalue weighted by molar-refractivity contribution is -0.0257. The number of pyridine rings is 1. The Morgan fingerprint density at radius 1 is 1.15 bits per heavy atom. The lowest BCUT2D eigenvalue weighted by Crippen LogP contribution is -2.42. The highest BCUT2D eigenvalue weighted by molar-refractivity contribution is 5.92. The summed E-state index contributed by atoms with van der Waals surface area (Å²) in [4.78, 5) is 31.2. The van der Waals surface area contributed by atoms with Crippen molar-refractivity contribution in [3.8, 4) is 11.1 Å². The third-order valence-corrected chi connectivity index (χ3v) is 4.46. The van der Waals surface area contributed by atoms with E-state index in [-0.39, 0.29) is 12.0 Å². The number of oxazole rings is 1. The van der Waals surface area contributed by atoms with Gasteiger partial charge in [0.25, 0.3) is 5.91 Å². The maximum Gasteiger partial charge on any atom is 0.291 e. The fourth-order valence-electron chi connectivity index (χ4n) is 3.10. The smallest absolute Gasteiger partial charge is 0.291 e. The summed E-state index contributed by atoms with van der Waals surface area (Å²) in [5, 5.41) is 0. The first-order chi connectivity index (χ1) is 13.1. The van der Waals surface area contributed by atoms with Gasteiger partial charge in [-0.05, 0) is 13.0 Å². The van der Waals surface area contributed by atoms with Crippen LogP contribution in [0.3, 0.4) is 0 Å². The highest BCUT2D eigenvalue weighted by Gasteiger charge is 2.29. The van der Waals surface area contributed by atoms with Crippen LogP contribution in [0.5, 0.6) is 0 Å². The van der Waals surface area contributed by atoms with Crippen molar-refractivity contribution in [1.29, 1.82) is 0 Å². The van der Waals surface area contributed by atoms with E-state index in [0.29, 0.717) is 37.0 Å². The molecule has 3 aromatic heterocycles. The molecule has 3 aromatic rings. The van der Waals surface area contributed by atoms with Gasteiger partial charge in [0, 0.05) is 43.2 Å². The molecule has 1 aliphatic heterocycles. The van der Waals surface area contributed by atoms with Crippen LogP contribution in [0.4, 0.5) is 0 Å². The van der Waals surface area contributed by atoms with E-state index in [1.165, 1.54) is 6.33 Å². The Hall–Kier alpha value is -3.13. The summed E-state index contributed by atoms with van der Waals surface area (Å²) in [6.07, 6.45) is 6.45. The van der Waals surface area contributed by atoms with Crippen molar-refractivity contribution in [3.63, 3.8) is 0 Å². The van der Waals surface area contributed by atoms with Crippen LogP contribution in [-0.4, -0.2) is 50.4 Å². The Morgan fingerprint density at radius 3 is 2.63 bits per heavy atom. The van der Waals surface area contributed by atoms with E-state index in [0.717, 1.165) is 16.8 Å². The van der Waals surface area contributed by atoms with E-state index in [1.807, 2.05) is 12.1 Å². The van der Waals surface area contributed by atoms with E-state index < -0.39 is 0 Å². The van der Waals surface area contributed by atoms with Crippen molar-refractivity contribution in [2.75, 3.05) is 19.7 Å². The molecule has 138 valence electrons. The topological polar surface area (TPSA) is 94.2 Å². The van der Waals surface area contributed by atoms with Gasteiger partial charge in [-0.1, -0.05) is 6.07 Å². The zero-order valence-electron chi connectivity index (χ0n) is 15.1. The molecule has 1 fully saturated rings. The van der Waals surface area contributed by atoms with Crippen LogP contribution in [-0.2, 0) is 4.74 Å².